The van der Waals surface area contributed by atoms with Crippen LogP contribution in [-0.4, -0.2) is 30.4 Å². The largest absolute Gasteiger partial charge is 0.392 e. The van der Waals surface area contributed by atoms with Gasteiger partial charge in [0.25, 0.3) is 0 Å². The van der Waals surface area contributed by atoms with E-state index in [1.54, 1.807) is 28.6 Å². The molecule has 0 atom stereocenters. The summed E-state index contributed by atoms with van der Waals surface area (Å²) in [6.45, 7) is 4.50. The number of nitrogens with zero attached hydrogens (tertiary/aromatic N) is 1. The average Bonchev–Trinajstić information content (AvgIpc) is 2.98. The number of aliphatic hydroxyl groups excluding tert-OH is 1. The SMILES string of the molecule is CC(C)CN(C1CCCC1)S(=O)(=O)c1cccc(CO)c1. The van der Waals surface area contributed by atoms with Crippen LogP contribution in [0.2, 0.25) is 0 Å². The van der Waals surface area contributed by atoms with E-state index in [9.17, 15) is 13.5 Å². The van der Waals surface area contributed by atoms with E-state index < -0.39 is 10.0 Å². The zero-order chi connectivity index (χ0) is 15.5. The Bertz CT molecular complexity index is 563. The van der Waals surface area contributed by atoms with Gasteiger partial charge in [-0.05, 0) is 36.5 Å². The molecule has 1 aromatic carbocycles. The summed E-state index contributed by atoms with van der Waals surface area (Å²) in [5.41, 5.74) is 0.631. The smallest absolute Gasteiger partial charge is 0.243 e. The lowest BCUT2D eigenvalue weighted by Gasteiger charge is -2.29. The van der Waals surface area contributed by atoms with Gasteiger partial charge in [-0.25, -0.2) is 8.42 Å². The van der Waals surface area contributed by atoms with Gasteiger partial charge in [0.1, 0.15) is 0 Å². The molecule has 0 radical (unpaired) electrons. The first kappa shape index (κ1) is 16.5. The zero-order valence-electron chi connectivity index (χ0n) is 12.8. The molecule has 5 heteroatoms. The third-order valence-corrected chi connectivity index (χ3v) is 5.88. The molecule has 0 saturated heterocycles. The lowest BCUT2D eigenvalue weighted by atomic mass is 10.2. The maximum Gasteiger partial charge on any atom is 0.243 e. The normalized spacial score (nSPS) is 17.0. The molecule has 0 heterocycles. The minimum absolute atomic E-state index is 0.121. The molecule has 0 bridgehead atoms. The van der Waals surface area contributed by atoms with Crippen LogP contribution in [-0.2, 0) is 16.6 Å². The van der Waals surface area contributed by atoms with Gasteiger partial charge in [-0.1, -0.05) is 38.8 Å². The molecule has 1 aliphatic rings. The van der Waals surface area contributed by atoms with E-state index in [0.717, 1.165) is 25.7 Å². The van der Waals surface area contributed by atoms with Gasteiger partial charge in [0.2, 0.25) is 10.0 Å². The van der Waals surface area contributed by atoms with Gasteiger partial charge in [0.05, 0.1) is 11.5 Å². The second-order valence-corrected chi connectivity index (χ2v) is 8.10. The van der Waals surface area contributed by atoms with Crippen molar-refractivity contribution in [3.63, 3.8) is 0 Å². The van der Waals surface area contributed by atoms with Crippen LogP contribution in [0.5, 0.6) is 0 Å². The van der Waals surface area contributed by atoms with Gasteiger partial charge < -0.3 is 5.11 Å². The Morgan fingerprint density at radius 3 is 2.52 bits per heavy atom. The fraction of sp³-hybridized carbons (Fsp3) is 0.625. The molecule has 2 rings (SSSR count). The molecule has 4 nitrogen and oxygen atoms in total. The van der Waals surface area contributed by atoms with Gasteiger partial charge >= 0.3 is 0 Å². The van der Waals surface area contributed by atoms with Crippen LogP contribution in [0.25, 0.3) is 0 Å². The van der Waals surface area contributed by atoms with Crippen molar-refractivity contribution in [1.82, 2.24) is 4.31 Å². The number of sulfonamides is 1. The summed E-state index contributed by atoms with van der Waals surface area (Å²) < 4.78 is 27.6. The first-order chi connectivity index (χ1) is 9.95. The van der Waals surface area contributed by atoms with Crippen LogP contribution in [0.4, 0.5) is 0 Å². The quantitative estimate of drug-likeness (QED) is 0.879. The summed E-state index contributed by atoms with van der Waals surface area (Å²) in [7, 11) is -3.49. The maximum absolute atomic E-state index is 13.0. The van der Waals surface area contributed by atoms with Crippen molar-refractivity contribution in [3.8, 4) is 0 Å². The fourth-order valence-electron chi connectivity index (χ4n) is 2.94. The van der Waals surface area contributed by atoms with E-state index in [0.29, 0.717) is 22.9 Å². The van der Waals surface area contributed by atoms with Crippen LogP contribution in [0, 0.1) is 5.92 Å². The van der Waals surface area contributed by atoms with Crippen molar-refractivity contribution in [1.29, 1.82) is 0 Å². The highest BCUT2D eigenvalue weighted by Gasteiger charge is 2.33. The minimum atomic E-state index is -3.49. The molecule has 21 heavy (non-hydrogen) atoms. The van der Waals surface area contributed by atoms with Gasteiger partial charge in [-0.2, -0.15) is 4.31 Å². The Balaban J connectivity index is 2.35. The summed E-state index contributed by atoms with van der Waals surface area (Å²) in [5, 5.41) is 9.21. The number of hydrogen-bond donors (Lipinski definition) is 1. The molecule has 0 unspecified atom stereocenters. The van der Waals surface area contributed by atoms with Crippen LogP contribution < -0.4 is 0 Å². The standard InChI is InChI=1S/C16H25NO3S/c1-13(2)11-17(15-7-3-4-8-15)21(19,20)16-9-5-6-14(10-16)12-18/h5-6,9-10,13,15,18H,3-4,7-8,11-12H2,1-2H3. The predicted octanol–water partition coefficient (Wildman–Crippen LogP) is 2.77. The summed E-state index contributed by atoms with van der Waals surface area (Å²) in [6.07, 6.45) is 4.11. The number of aliphatic hydroxyl groups is 1. The number of hydrogen-bond acceptors (Lipinski definition) is 3. The molecule has 1 aliphatic carbocycles. The molecule has 0 aromatic heterocycles. The summed E-state index contributed by atoms with van der Waals surface area (Å²) >= 11 is 0. The van der Waals surface area contributed by atoms with Crippen molar-refractivity contribution in [3.05, 3.63) is 29.8 Å². The van der Waals surface area contributed by atoms with Crippen LogP contribution in [0.1, 0.15) is 45.1 Å². The molecule has 118 valence electrons. The van der Waals surface area contributed by atoms with E-state index in [-0.39, 0.29) is 12.6 Å². The zero-order valence-corrected chi connectivity index (χ0v) is 13.6. The lowest BCUT2D eigenvalue weighted by Crippen LogP contribution is -2.41. The predicted molar refractivity (Wildman–Crippen MR) is 83.4 cm³/mol. The average molecular weight is 311 g/mol. The fourth-order valence-corrected chi connectivity index (χ4v) is 4.85. The highest BCUT2D eigenvalue weighted by molar-refractivity contribution is 7.89. The minimum Gasteiger partial charge on any atom is -0.392 e. The number of rotatable bonds is 6. The van der Waals surface area contributed by atoms with E-state index in [1.807, 2.05) is 13.8 Å². The van der Waals surface area contributed by atoms with Gasteiger partial charge in [0, 0.05) is 12.6 Å². The second kappa shape index (κ2) is 6.90. The molecule has 0 amide bonds. The topological polar surface area (TPSA) is 57.6 Å². The Morgan fingerprint density at radius 2 is 1.95 bits per heavy atom. The third-order valence-electron chi connectivity index (χ3n) is 3.96. The number of benzene rings is 1. The Labute approximate surface area is 127 Å². The third kappa shape index (κ3) is 3.84. The van der Waals surface area contributed by atoms with Gasteiger partial charge in [-0.3, -0.25) is 0 Å². The maximum atomic E-state index is 13.0. The van der Waals surface area contributed by atoms with E-state index in [4.69, 9.17) is 0 Å². The molecule has 1 fully saturated rings. The molecule has 1 saturated carbocycles. The van der Waals surface area contributed by atoms with Crippen molar-refractivity contribution in [2.24, 2.45) is 5.92 Å². The van der Waals surface area contributed by atoms with Crippen LogP contribution in [0.3, 0.4) is 0 Å². The molecule has 1 aromatic rings. The van der Waals surface area contributed by atoms with E-state index >= 15 is 0 Å². The van der Waals surface area contributed by atoms with Crippen LogP contribution >= 0.6 is 0 Å². The van der Waals surface area contributed by atoms with Gasteiger partial charge in [0.15, 0.2) is 0 Å². The highest BCUT2D eigenvalue weighted by Crippen LogP contribution is 2.29. The molecule has 0 spiro atoms. The highest BCUT2D eigenvalue weighted by atomic mass is 32.2. The summed E-state index contributed by atoms with van der Waals surface area (Å²) in [4.78, 5) is 0.293. The first-order valence-electron chi connectivity index (χ1n) is 7.67. The van der Waals surface area contributed by atoms with Crippen molar-refractivity contribution >= 4 is 10.0 Å². The van der Waals surface area contributed by atoms with E-state index in [1.165, 1.54) is 0 Å². The lowest BCUT2D eigenvalue weighted by molar-refractivity contribution is 0.281. The van der Waals surface area contributed by atoms with E-state index in [2.05, 4.69) is 0 Å². The molecule has 0 aliphatic heterocycles. The monoisotopic (exact) mass is 311 g/mol. The summed E-state index contributed by atoms with van der Waals surface area (Å²) in [5.74, 6) is 0.293. The Kier molecular flexibility index (Phi) is 5.41. The Hall–Kier alpha value is -0.910. The molecular formula is C16H25NO3S. The van der Waals surface area contributed by atoms with Crippen molar-refractivity contribution < 1.29 is 13.5 Å². The molecular weight excluding hydrogens is 286 g/mol. The Morgan fingerprint density at radius 1 is 1.29 bits per heavy atom. The summed E-state index contributed by atoms with van der Waals surface area (Å²) in [6, 6.07) is 6.76. The van der Waals surface area contributed by atoms with Crippen molar-refractivity contribution in [2.75, 3.05) is 6.54 Å². The van der Waals surface area contributed by atoms with Crippen LogP contribution in [0.15, 0.2) is 29.2 Å². The van der Waals surface area contributed by atoms with Crippen molar-refractivity contribution in [2.45, 2.75) is 57.1 Å². The molecule has 1 N–H and O–H groups in total. The van der Waals surface area contributed by atoms with Gasteiger partial charge in [-0.15, -0.1) is 0 Å². The second-order valence-electron chi connectivity index (χ2n) is 6.21. The first-order valence-corrected chi connectivity index (χ1v) is 9.11.